The Morgan fingerprint density at radius 1 is 1.46 bits per heavy atom. The first-order valence-electron chi connectivity index (χ1n) is 8.02. The Morgan fingerprint density at radius 3 is 2.88 bits per heavy atom. The van der Waals surface area contributed by atoms with E-state index >= 15 is 0 Å². The summed E-state index contributed by atoms with van der Waals surface area (Å²) >= 11 is 0. The van der Waals surface area contributed by atoms with Gasteiger partial charge in [0.15, 0.2) is 0 Å². The maximum absolute atomic E-state index is 11.5. The number of hydrogen-bond donors (Lipinski definition) is 2. The Hall–Kier alpha value is -1.94. The van der Waals surface area contributed by atoms with Crippen LogP contribution in [-0.4, -0.2) is 65.9 Å². The SMILES string of the molecule is N[C@@H](CCC(=O)OCCCN1CCCC(CO[N+](=O)[O-])C1)C(=O)O. The molecule has 138 valence electrons. The van der Waals surface area contributed by atoms with E-state index in [9.17, 15) is 19.7 Å². The van der Waals surface area contributed by atoms with Gasteiger partial charge >= 0.3 is 11.9 Å². The number of ether oxygens (including phenoxy) is 1. The van der Waals surface area contributed by atoms with Crippen LogP contribution >= 0.6 is 0 Å². The molecule has 1 aliphatic rings. The Kier molecular flexibility index (Phi) is 9.02. The van der Waals surface area contributed by atoms with Crippen molar-refractivity contribution in [2.24, 2.45) is 11.7 Å². The lowest BCUT2D eigenvalue weighted by atomic mass is 9.99. The Balaban J connectivity index is 2.10. The van der Waals surface area contributed by atoms with Gasteiger partial charge in [0.1, 0.15) is 12.6 Å². The average molecular weight is 347 g/mol. The van der Waals surface area contributed by atoms with Crippen molar-refractivity contribution >= 4 is 11.9 Å². The molecule has 1 heterocycles. The van der Waals surface area contributed by atoms with E-state index < -0.39 is 23.1 Å². The number of esters is 1. The van der Waals surface area contributed by atoms with Crippen LogP contribution < -0.4 is 5.73 Å². The third-order valence-corrected chi connectivity index (χ3v) is 3.88. The number of aliphatic carboxylic acids is 1. The molecule has 24 heavy (non-hydrogen) atoms. The molecule has 0 bridgehead atoms. The lowest BCUT2D eigenvalue weighted by molar-refractivity contribution is -0.759. The van der Waals surface area contributed by atoms with Gasteiger partial charge < -0.3 is 25.3 Å². The lowest BCUT2D eigenvalue weighted by Crippen LogP contribution is -2.38. The van der Waals surface area contributed by atoms with E-state index in [-0.39, 0.29) is 32.0 Å². The molecular weight excluding hydrogens is 322 g/mol. The van der Waals surface area contributed by atoms with Crippen LogP contribution in [0.25, 0.3) is 0 Å². The molecule has 10 heteroatoms. The minimum Gasteiger partial charge on any atom is -0.480 e. The summed E-state index contributed by atoms with van der Waals surface area (Å²) in [6.45, 7) is 2.75. The minimum atomic E-state index is -1.14. The number of carboxylic acid groups (broad SMARTS) is 1. The molecule has 1 rings (SSSR count). The zero-order valence-electron chi connectivity index (χ0n) is 13.6. The van der Waals surface area contributed by atoms with E-state index in [0.717, 1.165) is 32.5 Å². The van der Waals surface area contributed by atoms with Gasteiger partial charge in [-0.15, -0.1) is 10.1 Å². The maximum Gasteiger partial charge on any atom is 0.320 e. The van der Waals surface area contributed by atoms with Gasteiger partial charge in [0.25, 0.3) is 5.09 Å². The van der Waals surface area contributed by atoms with E-state index in [4.69, 9.17) is 15.6 Å². The van der Waals surface area contributed by atoms with Crippen molar-refractivity contribution in [2.75, 3.05) is 32.8 Å². The summed E-state index contributed by atoms with van der Waals surface area (Å²) in [5.41, 5.74) is 5.31. The number of nitrogens with zero attached hydrogens (tertiary/aromatic N) is 2. The summed E-state index contributed by atoms with van der Waals surface area (Å²) in [5.74, 6) is -1.45. The largest absolute Gasteiger partial charge is 0.480 e. The molecular formula is C14H25N3O7. The van der Waals surface area contributed by atoms with E-state index in [1.165, 1.54) is 0 Å². The van der Waals surface area contributed by atoms with Crippen LogP contribution in [0.2, 0.25) is 0 Å². The predicted octanol–water partition coefficient (Wildman–Crippen LogP) is 0.0321. The lowest BCUT2D eigenvalue weighted by Gasteiger charge is -2.32. The normalized spacial score (nSPS) is 19.5. The molecule has 1 fully saturated rings. The molecule has 0 aromatic rings. The van der Waals surface area contributed by atoms with Crippen LogP contribution in [0.5, 0.6) is 0 Å². The van der Waals surface area contributed by atoms with Gasteiger partial charge in [0.2, 0.25) is 0 Å². The molecule has 0 aromatic carbocycles. The Labute approximate surface area is 140 Å². The summed E-state index contributed by atoms with van der Waals surface area (Å²) < 4.78 is 5.04. The topological polar surface area (TPSA) is 145 Å². The summed E-state index contributed by atoms with van der Waals surface area (Å²) in [7, 11) is 0. The van der Waals surface area contributed by atoms with E-state index in [2.05, 4.69) is 9.74 Å². The molecule has 2 atom stereocenters. The number of carbonyl (C=O) groups excluding carboxylic acids is 1. The van der Waals surface area contributed by atoms with Crippen molar-refractivity contribution in [1.29, 1.82) is 0 Å². The smallest absolute Gasteiger partial charge is 0.320 e. The summed E-state index contributed by atoms with van der Waals surface area (Å²) in [6.07, 6.45) is 2.55. The summed E-state index contributed by atoms with van der Waals surface area (Å²) in [6, 6.07) is -1.05. The highest BCUT2D eigenvalue weighted by molar-refractivity contribution is 5.75. The first-order valence-corrected chi connectivity index (χ1v) is 8.02. The second-order valence-electron chi connectivity index (χ2n) is 5.89. The molecule has 1 unspecified atom stereocenters. The second-order valence-corrected chi connectivity index (χ2v) is 5.89. The van der Waals surface area contributed by atoms with Crippen LogP contribution in [-0.2, 0) is 19.2 Å². The molecule has 0 radical (unpaired) electrons. The highest BCUT2D eigenvalue weighted by atomic mass is 16.9. The molecule has 0 saturated carbocycles. The van der Waals surface area contributed by atoms with Crippen LogP contribution in [0.15, 0.2) is 0 Å². The van der Waals surface area contributed by atoms with Crippen LogP contribution in [0.1, 0.15) is 32.1 Å². The number of carboxylic acids is 1. The highest BCUT2D eigenvalue weighted by Gasteiger charge is 2.20. The summed E-state index contributed by atoms with van der Waals surface area (Å²) in [5, 5.41) is 18.1. The van der Waals surface area contributed by atoms with Crippen LogP contribution in [0, 0.1) is 16.0 Å². The third-order valence-electron chi connectivity index (χ3n) is 3.88. The number of piperidine rings is 1. The Bertz CT molecular complexity index is 433. The van der Waals surface area contributed by atoms with E-state index in [1.54, 1.807) is 0 Å². The number of nitrogens with two attached hydrogens (primary N) is 1. The molecule has 0 spiro atoms. The van der Waals surface area contributed by atoms with Crippen molar-refractivity contribution in [3.63, 3.8) is 0 Å². The molecule has 1 saturated heterocycles. The standard InChI is InChI=1S/C14H25N3O7/c15-12(14(19)20)4-5-13(18)23-8-2-7-16-6-1-3-11(9-16)10-24-17(21)22/h11-12H,1-10,15H2,(H,19,20)/t11?,12-/m0/s1. The van der Waals surface area contributed by atoms with Gasteiger partial charge in [0, 0.05) is 19.5 Å². The molecule has 3 N–H and O–H groups in total. The fraction of sp³-hybridized carbons (Fsp3) is 0.857. The van der Waals surface area contributed by atoms with E-state index in [1.807, 2.05) is 0 Å². The highest BCUT2D eigenvalue weighted by Crippen LogP contribution is 2.17. The number of rotatable bonds is 11. The molecule has 0 aromatic heterocycles. The monoisotopic (exact) mass is 347 g/mol. The van der Waals surface area contributed by atoms with Gasteiger partial charge in [0.05, 0.1) is 6.61 Å². The zero-order chi connectivity index (χ0) is 17.9. The van der Waals surface area contributed by atoms with Crippen molar-refractivity contribution in [3.05, 3.63) is 10.1 Å². The molecule has 1 aliphatic heterocycles. The van der Waals surface area contributed by atoms with E-state index in [0.29, 0.717) is 6.42 Å². The predicted molar refractivity (Wildman–Crippen MR) is 82.5 cm³/mol. The molecule has 10 nitrogen and oxygen atoms in total. The van der Waals surface area contributed by atoms with Crippen molar-refractivity contribution in [3.8, 4) is 0 Å². The average Bonchev–Trinajstić information content (AvgIpc) is 2.55. The summed E-state index contributed by atoms with van der Waals surface area (Å²) in [4.78, 5) is 38.8. The number of hydrogen-bond acceptors (Lipinski definition) is 8. The number of likely N-dealkylation sites (tertiary alicyclic amines) is 1. The number of carbonyl (C=O) groups is 2. The molecule has 0 amide bonds. The maximum atomic E-state index is 11.5. The Morgan fingerprint density at radius 2 is 2.21 bits per heavy atom. The fourth-order valence-electron chi connectivity index (χ4n) is 2.60. The van der Waals surface area contributed by atoms with Gasteiger partial charge in [-0.05, 0) is 38.1 Å². The second kappa shape index (κ2) is 10.8. The first kappa shape index (κ1) is 20.1. The van der Waals surface area contributed by atoms with Crippen LogP contribution in [0.3, 0.4) is 0 Å². The van der Waals surface area contributed by atoms with Gasteiger partial charge in [-0.25, -0.2) is 0 Å². The van der Waals surface area contributed by atoms with Gasteiger partial charge in [-0.3, -0.25) is 9.59 Å². The van der Waals surface area contributed by atoms with Crippen molar-refractivity contribution in [2.45, 2.75) is 38.1 Å². The molecule has 0 aliphatic carbocycles. The zero-order valence-corrected chi connectivity index (χ0v) is 13.6. The van der Waals surface area contributed by atoms with Crippen molar-refractivity contribution in [1.82, 2.24) is 4.90 Å². The first-order chi connectivity index (χ1) is 11.4. The van der Waals surface area contributed by atoms with Crippen LogP contribution in [0.4, 0.5) is 0 Å². The fourth-order valence-corrected chi connectivity index (χ4v) is 2.60. The minimum absolute atomic E-state index is 0.0164. The van der Waals surface area contributed by atoms with Crippen molar-refractivity contribution < 1.29 is 29.4 Å². The quantitative estimate of drug-likeness (QED) is 0.229. The van der Waals surface area contributed by atoms with Gasteiger partial charge in [-0.1, -0.05) is 0 Å². The van der Waals surface area contributed by atoms with Gasteiger partial charge in [-0.2, -0.15) is 0 Å². The third kappa shape index (κ3) is 8.63.